The number of fused-ring (bicyclic) bond motifs is 1. The number of hydrogen-bond donors (Lipinski definition) is 1. The molecule has 3 rings (SSSR count). The molecule has 6 heteroatoms. The van der Waals surface area contributed by atoms with Gasteiger partial charge in [0.25, 0.3) is 5.91 Å². The van der Waals surface area contributed by atoms with Gasteiger partial charge in [-0.25, -0.2) is 0 Å². The van der Waals surface area contributed by atoms with Gasteiger partial charge in [-0.05, 0) is 36.4 Å². The molecule has 2 aromatic rings. The van der Waals surface area contributed by atoms with Crippen LogP contribution >= 0.6 is 0 Å². The number of aldehydes is 1. The van der Waals surface area contributed by atoms with Crippen LogP contribution in [0.4, 0.5) is 0 Å². The fraction of sp³-hybridized carbons (Fsp3) is 0.238. The number of rotatable bonds is 4. The first-order valence-corrected chi connectivity index (χ1v) is 8.59. The first kappa shape index (κ1) is 18.5. The van der Waals surface area contributed by atoms with E-state index in [0.717, 1.165) is 0 Å². The van der Waals surface area contributed by atoms with Crippen molar-refractivity contribution in [2.24, 2.45) is 11.8 Å². The summed E-state index contributed by atoms with van der Waals surface area (Å²) in [6, 6.07) is 9.26. The van der Waals surface area contributed by atoms with Gasteiger partial charge in [0.2, 0.25) is 0 Å². The molecule has 0 saturated carbocycles. The van der Waals surface area contributed by atoms with Crippen molar-refractivity contribution in [1.29, 1.82) is 0 Å². The van der Waals surface area contributed by atoms with Gasteiger partial charge in [-0.3, -0.25) is 19.2 Å². The standard InChI is InChI=1S/C21H19NO5/c1-11-12(2)20(25)18-9-15(6-7-16(18)19(11)24)27-14-5-4-13(10-23)17(8-14)21(26)22-3/h4-12H,1-3H3,(H,22,26). The van der Waals surface area contributed by atoms with E-state index in [2.05, 4.69) is 5.32 Å². The van der Waals surface area contributed by atoms with Crippen LogP contribution in [0, 0.1) is 11.8 Å². The van der Waals surface area contributed by atoms with Gasteiger partial charge < -0.3 is 10.1 Å². The zero-order chi connectivity index (χ0) is 19.7. The number of benzene rings is 2. The number of ketones is 2. The zero-order valence-corrected chi connectivity index (χ0v) is 15.2. The second-order valence-corrected chi connectivity index (χ2v) is 6.56. The summed E-state index contributed by atoms with van der Waals surface area (Å²) in [5.74, 6) is -0.564. The van der Waals surface area contributed by atoms with E-state index in [-0.39, 0.29) is 34.5 Å². The number of amides is 1. The molecule has 0 radical (unpaired) electrons. The lowest BCUT2D eigenvalue weighted by Crippen LogP contribution is -2.32. The van der Waals surface area contributed by atoms with E-state index in [0.29, 0.717) is 28.9 Å². The number of nitrogens with one attached hydrogen (secondary N) is 1. The quantitative estimate of drug-likeness (QED) is 0.840. The Bertz CT molecular complexity index is 963. The van der Waals surface area contributed by atoms with E-state index in [4.69, 9.17) is 4.74 Å². The van der Waals surface area contributed by atoms with Crippen molar-refractivity contribution in [3.8, 4) is 11.5 Å². The summed E-state index contributed by atoms with van der Waals surface area (Å²) in [4.78, 5) is 48.0. The van der Waals surface area contributed by atoms with Crippen LogP contribution in [0.1, 0.15) is 55.3 Å². The van der Waals surface area contributed by atoms with Crippen molar-refractivity contribution in [2.75, 3.05) is 7.05 Å². The predicted molar refractivity (Wildman–Crippen MR) is 98.7 cm³/mol. The highest BCUT2D eigenvalue weighted by molar-refractivity contribution is 6.16. The van der Waals surface area contributed by atoms with Crippen molar-refractivity contribution in [3.63, 3.8) is 0 Å². The molecule has 2 aromatic carbocycles. The van der Waals surface area contributed by atoms with E-state index < -0.39 is 5.91 Å². The van der Waals surface area contributed by atoms with E-state index in [9.17, 15) is 19.2 Å². The van der Waals surface area contributed by atoms with Gasteiger partial charge in [0.05, 0.1) is 5.56 Å². The van der Waals surface area contributed by atoms with Crippen LogP contribution in [0.5, 0.6) is 11.5 Å². The summed E-state index contributed by atoms with van der Waals surface area (Å²) >= 11 is 0. The molecular formula is C21H19NO5. The van der Waals surface area contributed by atoms with Crippen LogP contribution in [-0.2, 0) is 0 Å². The second-order valence-electron chi connectivity index (χ2n) is 6.56. The van der Waals surface area contributed by atoms with Crippen LogP contribution < -0.4 is 10.1 Å². The molecule has 1 aliphatic carbocycles. The number of hydrogen-bond acceptors (Lipinski definition) is 5. The Labute approximate surface area is 156 Å². The first-order chi connectivity index (χ1) is 12.9. The molecule has 0 spiro atoms. The van der Waals surface area contributed by atoms with Gasteiger partial charge in [-0.2, -0.15) is 0 Å². The van der Waals surface area contributed by atoms with Crippen molar-refractivity contribution in [2.45, 2.75) is 13.8 Å². The SMILES string of the molecule is CNC(=O)c1cc(Oc2ccc3c(c2)C(=O)C(C)C(C)C3=O)ccc1C=O. The summed E-state index contributed by atoms with van der Waals surface area (Å²) < 4.78 is 5.77. The molecule has 0 heterocycles. The predicted octanol–water partition coefficient (Wildman–Crippen LogP) is 3.30. The third-order valence-corrected chi connectivity index (χ3v) is 4.96. The smallest absolute Gasteiger partial charge is 0.251 e. The molecule has 1 amide bonds. The highest BCUT2D eigenvalue weighted by Crippen LogP contribution is 2.33. The summed E-state index contributed by atoms with van der Waals surface area (Å²) in [5.41, 5.74) is 1.19. The van der Waals surface area contributed by atoms with E-state index >= 15 is 0 Å². The first-order valence-electron chi connectivity index (χ1n) is 8.59. The van der Waals surface area contributed by atoms with Gasteiger partial charge in [-0.15, -0.1) is 0 Å². The summed E-state index contributed by atoms with van der Waals surface area (Å²) in [7, 11) is 1.47. The Morgan fingerprint density at radius 2 is 1.56 bits per heavy atom. The van der Waals surface area contributed by atoms with Crippen LogP contribution in [0.3, 0.4) is 0 Å². The Balaban J connectivity index is 1.96. The van der Waals surface area contributed by atoms with Crippen molar-refractivity contribution in [3.05, 3.63) is 58.7 Å². The number of Topliss-reactive ketones (excluding diaryl/α,β-unsaturated/α-hetero) is 2. The molecule has 2 unspecified atom stereocenters. The largest absolute Gasteiger partial charge is 0.457 e. The third kappa shape index (κ3) is 3.26. The van der Waals surface area contributed by atoms with Crippen molar-refractivity contribution >= 4 is 23.8 Å². The molecule has 6 nitrogen and oxygen atoms in total. The molecule has 1 N–H and O–H groups in total. The Kier molecular flexibility index (Phi) is 4.90. The van der Waals surface area contributed by atoms with Gasteiger partial charge in [0.1, 0.15) is 11.5 Å². The van der Waals surface area contributed by atoms with Gasteiger partial charge in [0.15, 0.2) is 17.9 Å². The monoisotopic (exact) mass is 365 g/mol. The molecule has 0 bridgehead atoms. The highest BCUT2D eigenvalue weighted by atomic mass is 16.5. The average Bonchev–Trinajstić information content (AvgIpc) is 2.69. The number of ether oxygens (including phenoxy) is 1. The van der Waals surface area contributed by atoms with E-state index in [1.807, 2.05) is 0 Å². The molecule has 0 aliphatic heterocycles. The Morgan fingerprint density at radius 1 is 0.963 bits per heavy atom. The molecule has 1 aliphatic rings. The lowest BCUT2D eigenvalue weighted by atomic mass is 9.76. The second kappa shape index (κ2) is 7.15. The van der Waals surface area contributed by atoms with Gasteiger partial charge in [-0.1, -0.05) is 13.8 Å². The van der Waals surface area contributed by atoms with Gasteiger partial charge >= 0.3 is 0 Å². The maximum absolute atomic E-state index is 12.5. The molecule has 0 saturated heterocycles. The van der Waals surface area contributed by atoms with Gasteiger partial charge in [0, 0.05) is 35.6 Å². The van der Waals surface area contributed by atoms with Crippen molar-refractivity contribution < 1.29 is 23.9 Å². The fourth-order valence-electron chi connectivity index (χ4n) is 3.12. The Morgan fingerprint density at radius 3 is 2.19 bits per heavy atom. The third-order valence-electron chi connectivity index (χ3n) is 4.96. The maximum atomic E-state index is 12.5. The van der Waals surface area contributed by atoms with Crippen LogP contribution in [-0.4, -0.2) is 30.8 Å². The minimum atomic E-state index is -0.406. The van der Waals surface area contributed by atoms with E-state index in [1.165, 1.54) is 19.2 Å². The topological polar surface area (TPSA) is 89.5 Å². The molecule has 0 fully saturated rings. The molecule has 27 heavy (non-hydrogen) atoms. The lowest BCUT2D eigenvalue weighted by molar-refractivity contribution is 0.0763. The van der Waals surface area contributed by atoms with Crippen LogP contribution in [0.15, 0.2) is 36.4 Å². The minimum absolute atomic E-state index is 0.0547. The van der Waals surface area contributed by atoms with Crippen molar-refractivity contribution in [1.82, 2.24) is 5.32 Å². The zero-order valence-electron chi connectivity index (χ0n) is 15.2. The van der Waals surface area contributed by atoms with Crippen LogP contribution in [0.2, 0.25) is 0 Å². The summed E-state index contributed by atoms with van der Waals surface area (Å²) in [6.45, 7) is 3.50. The van der Waals surface area contributed by atoms with Crippen LogP contribution in [0.25, 0.3) is 0 Å². The number of carbonyl (C=O) groups excluding carboxylic acids is 4. The minimum Gasteiger partial charge on any atom is -0.457 e. The average molecular weight is 365 g/mol. The summed E-state index contributed by atoms with van der Waals surface area (Å²) in [5, 5.41) is 2.47. The molecule has 138 valence electrons. The summed E-state index contributed by atoms with van der Waals surface area (Å²) in [6.07, 6.45) is 0.597. The Hall–Kier alpha value is -3.28. The molecular weight excluding hydrogens is 346 g/mol. The normalized spacial score (nSPS) is 18.6. The fourth-order valence-corrected chi connectivity index (χ4v) is 3.12. The highest BCUT2D eigenvalue weighted by Gasteiger charge is 2.36. The number of carbonyl (C=O) groups is 4. The molecule has 2 atom stereocenters. The maximum Gasteiger partial charge on any atom is 0.251 e. The molecule has 0 aromatic heterocycles. The lowest BCUT2D eigenvalue weighted by Gasteiger charge is -2.25. The van der Waals surface area contributed by atoms with E-state index in [1.54, 1.807) is 38.1 Å².